The number of rotatable bonds is 10. The van der Waals surface area contributed by atoms with Gasteiger partial charge in [-0.1, -0.05) is 33.1 Å². The van der Waals surface area contributed by atoms with Crippen LogP contribution in [0.2, 0.25) is 0 Å². The SMILES string of the molecule is CCCCC(CC)CNCc1ccc(CC(=O)O)s1. The lowest BCUT2D eigenvalue weighted by Crippen LogP contribution is -2.21. The van der Waals surface area contributed by atoms with E-state index in [0.29, 0.717) is 0 Å². The summed E-state index contributed by atoms with van der Waals surface area (Å²) in [5, 5.41) is 12.2. The standard InChI is InChI=1S/C15H25NO2S/c1-3-5-6-12(4-2)10-16-11-14-8-7-13(19-14)9-15(17)18/h7-8,12,16H,3-6,9-11H2,1-2H3,(H,17,18). The Hall–Kier alpha value is -0.870. The molecule has 1 unspecified atom stereocenters. The van der Waals surface area contributed by atoms with Gasteiger partial charge in [0, 0.05) is 16.3 Å². The average molecular weight is 283 g/mol. The summed E-state index contributed by atoms with van der Waals surface area (Å²) in [5.74, 6) is 0.00498. The quantitative estimate of drug-likeness (QED) is 0.688. The van der Waals surface area contributed by atoms with Crippen LogP contribution in [0.15, 0.2) is 12.1 Å². The van der Waals surface area contributed by atoms with Crippen molar-refractivity contribution < 1.29 is 9.90 Å². The minimum atomic E-state index is -0.757. The fourth-order valence-corrected chi connectivity index (χ4v) is 3.08. The van der Waals surface area contributed by atoms with E-state index in [1.165, 1.54) is 30.6 Å². The van der Waals surface area contributed by atoms with E-state index in [2.05, 4.69) is 19.2 Å². The van der Waals surface area contributed by atoms with Crippen LogP contribution in [0.1, 0.15) is 49.3 Å². The summed E-state index contributed by atoms with van der Waals surface area (Å²) in [6.07, 6.45) is 5.23. The van der Waals surface area contributed by atoms with Gasteiger partial charge in [-0.2, -0.15) is 0 Å². The van der Waals surface area contributed by atoms with E-state index < -0.39 is 5.97 Å². The normalized spacial score (nSPS) is 12.5. The Morgan fingerprint density at radius 3 is 2.74 bits per heavy atom. The zero-order valence-corrected chi connectivity index (χ0v) is 12.8. The van der Waals surface area contributed by atoms with Crippen LogP contribution in [0, 0.1) is 5.92 Å². The molecule has 0 radical (unpaired) electrons. The fraction of sp³-hybridized carbons (Fsp3) is 0.667. The molecule has 108 valence electrons. The van der Waals surface area contributed by atoms with E-state index in [4.69, 9.17) is 5.11 Å². The maximum absolute atomic E-state index is 10.6. The van der Waals surface area contributed by atoms with Gasteiger partial charge in [-0.15, -0.1) is 11.3 Å². The third-order valence-corrected chi connectivity index (χ3v) is 4.40. The van der Waals surface area contributed by atoms with Crippen molar-refractivity contribution in [2.75, 3.05) is 6.54 Å². The van der Waals surface area contributed by atoms with Crippen molar-refractivity contribution in [3.63, 3.8) is 0 Å². The molecule has 1 aromatic rings. The van der Waals surface area contributed by atoms with Crippen molar-refractivity contribution in [2.24, 2.45) is 5.92 Å². The highest BCUT2D eigenvalue weighted by molar-refractivity contribution is 7.12. The molecular weight excluding hydrogens is 258 g/mol. The second kappa shape index (κ2) is 9.10. The van der Waals surface area contributed by atoms with Crippen LogP contribution in [-0.4, -0.2) is 17.6 Å². The number of hydrogen-bond acceptors (Lipinski definition) is 3. The highest BCUT2D eigenvalue weighted by Gasteiger charge is 2.07. The maximum Gasteiger partial charge on any atom is 0.308 e. The van der Waals surface area contributed by atoms with E-state index in [-0.39, 0.29) is 6.42 Å². The molecule has 3 nitrogen and oxygen atoms in total. The number of hydrogen-bond donors (Lipinski definition) is 2. The van der Waals surface area contributed by atoms with E-state index in [0.717, 1.165) is 23.9 Å². The van der Waals surface area contributed by atoms with Gasteiger partial charge in [0.25, 0.3) is 0 Å². The van der Waals surface area contributed by atoms with Gasteiger partial charge in [0.15, 0.2) is 0 Å². The summed E-state index contributed by atoms with van der Waals surface area (Å²) < 4.78 is 0. The summed E-state index contributed by atoms with van der Waals surface area (Å²) in [4.78, 5) is 12.8. The van der Waals surface area contributed by atoms with Crippen LogP contribution in [0.4, 0.5) is 0 Å². The molecule has 0 aliphatic carbocycles. The average Bonchev–Trinajstić information content (AvgIpc) is 2.80. The van der Waals surface area contributed by atoms with Crippen molar-refractivity contribution in [1.82, 2.24) is 5.32 Å². The number of aliphatic carboxylic acids is 1. The Balaban J connectivity index is 2.27. The van der Waals surface area contributed by atoms with Gasteiger partial charge in [0.1, 0.15) is 0 Å². The first-order chi connectivity index (χ1) is 9.15. The molecule has 0 saturated heterocycles. The van der Waals surface area contributed by atoms with Crippen LogP contribution in [0.25, 0.3) is 0 Å². The molecule has 19 heavy (non-hydrogen) atoms. The molecule has 1 heterocycles. The molecule has 0 saturated carbocycles. The molecule has 0 amide bonds. The molecule has 1 rings (SSSR count). The van der Waals surface area contributed by atoms with Crippen LogP contribution in [-0.2, 0) is 17.8 Å². The van der Waals surface area contributed by atoms with Crippen LogP contribution >= 0.6 is 11.3 Å². The monoisotopic (exact) mass is 283 g/mol. The third-order valence-electron chi connectivity index (χ3n) is 3.32. The van der Waals surface area contributed by atoms with Gasteiger partial charge in [0.2, 0.25) is 0 Å². The van der Waals surface area contributed by atoms with Crippen molar-refractivity contribution in [3.8, 4) is 0 Å². The first-order valence-electron chi connectivity index (χ1n) is 7.15. The zero-order chi connectivity index (χ0) is 14.1. The van der Waals surface area contributed by atoms with Gasteiger partial charge in [-0.05, 0) is 31.0 Å². The van der Waals surface area contributed by atoms with E-state index >= 15 is 0 Å². The molecule has 0 aliphatic heterocycles. The smallest absolute Gasteiger partial charge is 0.308 e. The molecule has 0 spiro atoms. The van der Waals surface area contributed by atoms with E-state index in [1.54, 1.807) is 11.3 Å². The second-order valence-corrected chi connectivity index (χ2v) is 6.24. The fourth-order valence-electron chi connectivity index (χ4n) is 2.10. The number of carbonyl (C=O) groups is 1. The minimum absolute atomic E-state index is 0.138. The first-order valence-corrected chi connectivity index (χ1v) is 7.97. The number of carboxylic acids is 1. The summed E-state index contributed by atoms with van der Waals surface area (Å²) in [6, 6.07) is 3.95. The molecule has 0 aliphatic rings. The summed E-state index contributed by atoms with van der Waals surface area (Å²) >= 11 is 1.60. The van der Waals surface area contributed by atoms with Crippen LogP contribution in [0.3, 0.4) is 0 Å². The Kier molecular flexibility index (Phi) is 7.75. The van der Waals surface area contributed by atoms with Crippen molar-refractivity contribution in [3.05, 3.63) is 21.9 Å². The molecule has 2 N–H and O–H groups in total. The lowest BCUT2D eigenvalue weighted by Gasteiger charge is -2.14. The van der Waals surface area contributed by atoms with Gasteiger partial charge in [0.05, 0.1) is 6.42 Å². The highest BCUT2D eigenvalue weighted by atomic mass is 32.1. The lowest BCUT2D eigenvalue weighted by molar-refractivity contribution is -0.136. The topological polar surface area (TPSA) is 49.3 Å². The second-order valence-electron chi connectivity index (χ2n) is 4.99. The van der Waals surface area contributed by atoms with Gasteiger partial charge < -0.3 is 10.4 Å². The van der Waals surface area contributed by atoms with Crippen molar-refractivity contribution >= 4 is 17.3 Å². The zero-order valence-electron chi connectivity index (χ0n) is 11.9. The molecule has 1 atom stereocenters. The molecular formula is C15H25NO2S. The Morgan fingerprint density at radius 1 is 1.37 bits per heavy atom. The Bertz CT molecular complexity index is 376. The van der Waals surface area contributed by atoms with Crippen LogP contribution < -0.4 is 5.32 Å². The Labute approximate surface area is 120 Å². The highest BCUT2D eigenvalue weighted by Crippen LogP contribution is 2.17. The van der Waals surface area contributed by atoms with Crippen molar-refractivity contribution in [1.29, 1.82) is 0 Å². The number of nitrogens with one attached hydrogen (secondary N) is 1. The molecule has 4 heteroatoms. The summed E-state index contributed by atoms with van der Waals surface area (Å²) in [5.41, 5.74) is 0. The molecule has 0 aromatic carbocycles. The number of thiophene rings is 1. The molecule has 1 aromatic heterocycles. The van der Waals surface area contributed by atoms with Crippen molar-refractivity contribution in [2.45, 2.75) is 52.5 Å². The van der Waals surface area contributed by atoms with Gasteiger partial charge in [-0.25, -0.2) is 0 Å². The molecule has 0 bridgehead atoms. The first kappa shape index (κ1) is 16.2. The van der Waals surface area contributed by atoms with Crippen LogP contribution in [0.5, 0.6) is 0 Å². The predicted octanol–water partition coefficient (Wildman–Crippen LogP) is 3.68. The largest absolute Gasteiger partial charge is 0.481 e. The van der Waals surface area contributed by atoms with E-state index in [9.17, 15) is 4.79 Å². The number of carboxylic acid groups (broad SMARTS) is 1. The lowest BCUT2D eigenvalue weighted by atomic mass is 9.99. The third kappa shape index (κ3) is 6.73. The van der Waals surface area contributed by atoms with Gasteiger partial charge in [-0.3, -0.25) is 4.79 Å². The molecule has 0 fully saturated rings. The van der Waals surface area contributed by atoms with Gasteiger partial charge >= 0.3 is 5.97 Å². The predicted molar refractivity (Wildman–Crippen MR) is 80.7 cm³/mol. The maximum atomic E-state index is 10.6. The minimum Gasteiger partial charge on any atom is -0.481 e. The summed E-state index contributed by atoms with van der Waals surface area (Å²) in [6.45, 7) is 6.39. The Morgan fingerprint density at radius 2 is 2.11 bits per heavy atom. The van der Waals surface area contributed by atoms with E-state index in [1.807, 2.05) is 12.1 Å². The number of unbranched alkanes of at least 4 members (excludes halogenated alkanes) is 1. The summed E-state index contributed by atoms with van der Waals surface area (Å²) in [7, 11) is 0.